The van der Waals surface area contributed by atoms with Gasteiger partial charge in [-0.05, 0) is 134 Å². The summed E-state index contributed by atoms with van der Waals surface area (Å²) < 4.78 is 6.04. The average molecular weight is 447 g/mol. The molecule has 0 aliphatic carbocycles. The predicted molar refractivity (Wildman–Crippen MR) is 132 cm³/mol. The van der Waals surface area contributed by atoms with Crippen molar-refractivity contribution in [3.8, 4) is 0 Å². The Morgan fingerprint density at radius 1 is 0.484 bits per heavy atom. The number of hydrogen-bond donors (Lipinski definition) is 2. The Morgan fingerprint density at radius 3 is 0.903 bits per heavy atom. The van der Waals surface area contributed by atoms with Crippen LogP contribution in [0.3, 0.4) is 0 Å². The fourth-order valence-electron chi connectivity index (χ4n) is 3.87. The van der Waals surface area contributed by atoms with Gasteiger partial charge in [0.1, 0.15) is 0 Å². The fourth-order valence-corrected chi connectivity index (χ4v) is 3.87. The molecule has 0 aromatic heterocycles. The molecular formula is C24H54N4O3. The summed E-state index contributed by atoms with van der Waals surface area (Å²) in [6.07, 6.45) is 6.62. The lowest BCUT2D eigenvalue weighted by atomic mass is 9.91. The Hall–Kier alpha value is -0.280. The maximum absolute atomic E-state index is 11.3. The Morgan fingerprint density at radius 2 is 0.710 bits per heavy atom. The second-order valence-electron chi connectivity index (χ2n) is 10.6. The highest BCUT2D eigenvalue weighted by atomic mass is 16.5. The van der Waals surface area contributed by atoms with E-state index in [0.29, 0.717) is 0 Å². The van der Waals surface area contributed by atoms with E-state index in [1.165, 1.54) is 0 Å². The van der Waals surface area contributed by atoms with Gasteiger partial charge in [-0.15, -0.1) is 0 Å². The van der Waals surface area contributed by atoms with E-state index in [-0.39, 0.29) is 13.2 Å². The van der Waals surface area contributed by atoms with Gasteiger partial charge in [0, 0.05) is 0 Å². The molecule has 0 aromatic rings. The molecule has 0 atom stereocenters. The number of rotatable bonds is 20. The Kier molecular flexibility index (Phi) is 16.2. The zero-order chi connectivity index (χ0) is 23.9. The van der Waals surface area contributed by atoms with E-state index in [1.807, 2.05) is 0 Å². The monoisotopic (exact) mass is 446 g/mol. The first kappa shape index (κ1) is 30.7. The third-order valence-electron chi connectivity index (χ3n) is 5.73. The molecule has 0 bridgehead atoms. The summed E-state index contributed by atoms with van der Waals surface area (Å²) in [4.78, 5) is 8.59. The first-order chi connectivity index (χ1) is 14.4. The molecule has 0 saturated carbocycles. The molecule has 0 heterocycles. The molecule has 7 nitrogen and oxygen atoms in total. The van der Waals surface area contributed by atoms with Crippen LogP contribution >= 0.6 is 0 Å². The van der Waals surface area contributed by atoms with Crippen molar-refractivity contribution >= 4 is 0 Å². The molecule has 0 aliphatic heterocycles. The van der Waals surface area contributed by atoms with Crippen LogP contribution in [0.1, 0.15) is 51.4 Å². The highest BCUT2D eigenvalue weighted by Gasteiger charge is 2.31. The van der Waals surface area contributed by atoms with Gasteiger partial charge in [-0.1, -0.05) is 0 Å². The van der Waals surface area contributed by atoms with Crippen LogP contribution in [0.2, 0.25) is 0 Å². The van der Waals surface area contributed by atoms with Gasteiger partial charge in [0.05, 0.1) is 24.4 Å². The maximum atomic E-state index is 11.3. The van der Waals surface area contributed by atoms with Crippen molar-refractivity contribution in [1.29, 1.82) is 0 Å². The highest BCUT2D eigenvalue weighted by Crippen LogP contribution is 2.24. The summed E-state index contributed by atoms with van der Waals surface area (Å²) in [6, 6.07) is 0. The summed E-state index contributed by atoms with van der Waals surface area (Å²) >= 11 is 0. The van der Waals surface area contributed by atoms with Gasteiger partial charge >= 0.3 is 0 Å². The second kappa shape index (κ2) is 16.4. The zero-order valence-corrected chi connectivity index (χ0v) is 22.0. The van der Waals surface area contributed by atoms with Gasteiger partial charge in [-0.25, -0.2) is 0 Å². The standard InChI is InChI=1S/C24H54N4O3/c1-25(2)17-9-13-23(29,14-10-18-26(3)4)21-31-22-24(30,15-11-19-27(5)6)16-12-20-28(7)8/h29-30H,9-22H2,1-8H3. The van der Waals surface area contributed by atoms with Crippen molar-refractivity contribution in [2.75, 3.05) is 95.8 Å². The minimum atomic E-state index is -0.833. The molecule has 0 fully saturated rings. The summed E-state index contributed by atoms with van der Waals surface area (Å²) in [7, 11) is 16.5. The summed E-state index contributed by atoms with van der Waals surface area (Å²) in [6.45, 7) is 4.39. The van der Waals surface area contributed by atoms with Gasteiger partial charge in [0.25, 0.3) is 0 Å². The predicted octanol–water partition coefficient (Wildman–Crippen LogP) is 1.83. The molecule has 31 heavy (non-hydrogen) atoms. The summed E-state index contributed by atoms with van der Waals surface area (Å²) in [5.74, 6) is 0. The summed E-state index contributed by atoms with van der Waals surface area (Å²) in [5.41, 5.74) is -1.67. The zero-order valence-electron chi connectivity index (χ0n) is 22.0. The van der Waals surface area contributed by atoms with Crippen molar-refractivity contribution in [2.24, 2.45) is 0 Å². The number of ether oxygens (including phenoxy) is 1. The molecule has 0 radical (unpaired) electrons. The van der Waals surface area contributed by atoms with Gasteiger partial charge in [-0.3, -0.25) is 0 Å². The van der Waals surface area contributed by atoms with Crippen LogP contribution in [-0.4, -0.2) is 137 Å². The molecule has 0 rings (SSSR count). The molecular weight excluding hydrogens is 392 g/mol. The van der Waals surface area contributed by atoms with E-state index in [0.717, 1.165) is 77.5 Å². The lowest BCUT2D eigenvalue weighted by Crippen LogP contribution is -2.41. The number of hydrogen-bond acceptors (Lipinski definition) is 7. The second-order valence-corrected chi connectivity index (χ2v) is 10.6. The fraction of sp³-hybridized carbons (Fsp3) is 1.00. The molecule has 188 valence electrons. The van der Waals surface area contributed by atoms with Gasteiger partial charge in [-0.2, -0.15) is 0 Å². The van der Waals surface area contributed by atoms with Crippen molar-refractivity contribution in [1.82, 2.24) is 19.6 Å². The lowest BCUT2D eigenvalue weighted by molar-refractivity contribution is -0.110. The molecule has 0 saturated heterocycles. The molecule has 0 aromatic carbocycles. The van der Waals surface area contributed by atoms with E-state index >= 15 is 0 Å². The topological polar surface area (TPSA) is 62.7 Å². The normalized spacial score (nSPS) is 13.4. The number of nitrogens with zero attached hydrogens (tertiary/aromatic N) is 4. The smallest absolute Gasteiger partial charge is 0.0881 e. The largest absolute Gasteiger partial charge is 0.387 e. The molecule has 7 heteroatoms. The van der Waals surface area contributed by atoms with Crippen LogP contribution in [-0.2, 0) is 4.74 Å². The van der Waals surface area contributed by atoms with E-state index < -0.39 is 11.2 Å². The third kappa shape index (κ3) is 17.9. The van der Waals surface area contributed by atoms with Crippen LogP contribution in [0.4, 0.5) is 0 Å². The lowest BCUT2D eigenvalue weighted by Gasteiger charge is -2.33. The van der Waals surface area contributed by atoms with Crippen molar-refractivity contribution in [2.45, 2.75) is 62.6 Å². The number of aliphatic hydroxyl groups is 2. The summed E-state index contributed by atoms with van der Waals surface area (Å²) in [5, 5.41) is 22.5. The average Bonchev–Trinajstić information content (AvgIpc) is 2.60. The van der Waals surface area contributed by atoms with Gasteiger partial charge < -0.3 is 34.5 Å². The highest BCUT2D eigenvalue weighted by molar-refractivity contribution is 4.83. The first-order valence-electron chi connectivity index (χ1n) is 12.0. The molecule has 0 amide bonds. The van der Waals surface area contributed by atoms with Crippen LogP contribution < -0.4 is 0 Å². The van der Waals surface area contributed by atoms with E-state index in [9.17, 15) is 10.2 Å². The quantitative estimate of drug-likeness (QED) is 0.296. The maximum Gasteiger partial charge on any atom is 0.0881 e. The van der Waals surface area contributed by atoms with Crippen LogP contribution in [0.15, 0.2) is 0 Å². The van der Waals surface area contributed by atoms with Crippen molar-refractivity contribution in [3.05, 3.63) is 0 Å². The van der Waals surface area contributed by atoms with Crippen LogP contribution in [0.5, 0.6) is 0 Å². The van der Waals surface area contributed by atoms with Crippen molar-refractivity contribution < 1.29 is 14.9 Å². The molecule has 0 aliphatic rings. The Bertz CT molecular complexity index is 365. The van der Waals surface area contributed by atoms with E-state index in [1.54, 1.807) is 0 Å². The third-order valence-corrected chi connectivity index (χ3v) is 5.73. The van der Waals surface area contributed by atoms with Gasteiger partial charge in [0.15, 0.2) is 0 Å². The van der Waals surface area contributed by atoms with Crippen molar-refractivity contribution in [3.63, 3.8) is 0 Å². The van der Waals surface area contributed by atoms with Crippen LogP contribution in [0, 0.1) is 0 Å². The minimum Gasteiger partial charge on any atom is -0.387 e. The van der Waals surface area contributed by atoms with E-state index in [4.69, 9.17) is 4.74 Å². The SMILES string of the molecule is CN(C)CCCC(O)(CCCN(C)C)COCC(O)(CCCN(C)C)CCCN(C)C. The molecule has 0 spiro atoms. The van der Waals surface area contributed by atoms with Crippen LogP contribution in [0.25, 0.3) is 0 Å². The van der Waals surface area contributed by atoms with E-state index in [2.05, 4.69) is 76.0 Å². The Balaban J connectivity index is 4.84. The van der Waals surface area contributed by atoms with Gasteiger partial charge in [0.2, 0.25) is 0 Å². The minimum absolute atomic E-state index is 0.289. The Labute approximate surface area is 193 Å². The first-order valence-corrected chi connectivity index (χ1v) is 12.0. The molecule has 0 unspecified atom stereocenters. The molecule has 2 N–H and O–H groups in total.